The average molecular weight is 364 g/mol. The second kappa shape index (κ2) is 8.03. The van der Waals surface area contributed by atoms with Crippen LogP contribution in [-0.2, 0) is 22.2 Å². The van der Waals surface area contributed by atoms with Crippen molar-refractivity contribution < 1.29 is 22.8 Å². The van der Waals surface area contributed by atoms with Gasteiger partial charge in [-0.2, -0.15) is 13.2 Å². The molecule has 0 atom stereocenters. The minimum atomic E-state index is -4.58. The maximum Gasteiger partial charge on any atom is 0.418 e. The molecule has 0 spiro atoms. The molecule has 2 aromatic carbocycles. The number of anilines is 2. The number of rotatable bonds is 5. The predicted molar refractivity (Wildman–Crippen MR) is 93.9 cm³/mol. The molecule has 0 heterocycles. The Morgan fingerprint density at radius 3 is 2.19 bits per heavy atom. The number of para-hydroxylation sites is 1. The Labute approximate surface area is 149 Å². The van der Waals surface area contributed by atoms with E-state index in [1.54, 1.807) is 12.1 Å². The van der Waals surface area contributed by atoms with Gasteiger partial charge in [-0.15, -0.1) is 0 Å². The molecule has 2 amide bonds. The minimum Gasteiger partial charge on any atom is -0.324 e. The van der Waals surface area contributed by atoms with Crippen molar-refractivity contribution in [2.75, 3.05) is 16.8 Å². The van der Waals surface area contributed by atoms with Crippen molar-refractivity contribution in [3.05, 3.63) is 59.7 Å². The van der Waals surface area contributed by atoms with E-state index < -0.39 is 17.6 Å². The summed E-state index contributed by atoms with van der Waals surface area (Å²) >= 11 is 0. The number of aryl methyl sites for hydroxylation is 1. The van der Waals surface area contributed by atoms with Gasteiger partial charge in [-0.1, -0.05) is 31.2 Å². The summed E-state index contributed by atoms with van der Waals surface area (Å²) in [5, 5.41) is 2.24. The molecule has 0 saturated heterocycles. The summed E-state index contributed by atoms with van der Waals surface area (Å²) in [6, 6.07) is 11.8. The van der Waals surface area contributed by atoms with Crippen LogP contribution in [0.25, 0.3) is 0 Å². The van der Waals surface area contributed by atoms with Crippen LogP contribution in [0.3, 0.4) is 0 Å². The first kappa shape index (κ1) is 19.5. The third-order valence-corrected chi connectivity index (χ3v) is 3.84. The lowest BCUT2D eigenvalue weighted by Gasteiger charge is -2.21. The first-order chi connectivity index (χ1) is 12.2. The minimum absolute atomic E-state index is 0.338. The summed E-state index contributed by atoms with van der Waals surface area (Å²) in [5.41, 5.74) is 0.305. The van der Waals surface area contributed by atoms with E-state index in [0.717, 1.165) is 18.1 Å². The lowest BCUT2D eigenvalue weighted by molar-refractivity contribution is -0.137. The molecule has 2 rings (SSSR count). The van der Waals surface area contributed by atoms with Crippen LogP contribution in [0.2, 0.25) is 0 Å². The van der Waals surface area contributed by atoms with Gasteiger partial charge in [-0.3, -0.25) is 9.59 Å². The molecule has 0 radical (unpaired) electrons. The van der Waals surface area contributed by atoms with Gasteiger partial charge in [-0.25, -0.2) is 0 Å². The maximum absolute atomic E-state index is 13.0. The van der Waals surface area contributed by atoms with Crippen molar-refractivity contribution in [1.29, 1.82) is 0 Å². The number of nitrogens with one attached hydrogen (secondary N) is 1. The Kier molecular flexibility index (Phi) is 6.02. The van der Waals surface area contributed by atoms with Crippen LogP contribution in [0.4, 0.5) is 24.5 Å². The van der Waals surface area contributed by atoms with Gasteiger partial charge in [0.2, 0.25) is 11.8 Å². The Balaban J connectivity index is 2.17. The number of amides is 2. The van der Waals surface area contributed by atoms with E-state index in [1.807, 2.05) is 19.1 Å². The lowest BCUT2D eigenvalue weighted by Crippen LogP contribution is -2.37. The fourth-order valence-electron chi connectivity index (χ4n) is 2.47. The first-order valence-electron chi connectivity index (χ1n) is 8.05. The SMILES string of the molecule is CCc1ccc(N(CC(=O)Nc2ccccc2C(F)(F)F)C(C)=O)cc1. The van der Waals surface area contributed by atoms with Gasteiger partial charge in [-0.05, 0) is 36.2 Å². The topological polar surface area (TPSA) is 49.4 Å². The molecule has 26 heavy (non-hydrogen) atoms. The van der Waals surface area contributed by atoms with Crippen molar-refractivity contribution in [2.45, 2.75) is 26.4 Å². The molecular formula is C19H19F3N2O2. The van der Waals surface area contributed by atoms with Crippen LogP contribution in [0, 0.1) is 0 Å². The Morgan fingerprint density at radius 1 is 1.04 bits per heavy atom. The summed E-state index contributed by atoms with van der Waals surface area (Å²) in [6.45, 7) is 2.90. The highest BCUT2D eigenvalue weighted by atomic mass is 19.4. The molecule has 0 bridgehead atoms. The molecule has 0 fully saturated rings. The summed E-state index contributed by atoms with van der Waals surface area (Å²) in [7, 11) is 0. The van der Waals surface area contributed by atoms with Crippen molar-refractivity contribution in [3.63, 3.8) is 0 Å². The third kappa shape index (κ3) is 4.84. The fourth-order valence-corrected chi connectivity index (χ4v) is 2.47. The van der Waals surface area contributed by atoms with Gasteiger partial charge in [0.1, 0.15) is 6.54 Å². The maximum atomic E-state index is 13.0. The van der Waals surface area contributed by atoms with Crippen LogP contribution in [0.15, 0.2) is 48.5 Å². The number of carbonyl (C=O) groups excluding carboxylic acids is 2. The summed E-state index contributed by atoms with van der Waals surface area (Å²) < 4.78 is 39.0. The van der Waals surface area contributed by atoms with Gasteiger partial charge in [0.05, 0.1) is 11.3 Å². The number of nitrogens with zero attached hydrogens (tertiary/aromatic N) is 1. The van der Waals surface area contributed by atoms with Crippen LogP contribution < -0.4 is 10.2 Å². The molecule has 1 N–H and O–H groups in total. The summed E-state index contributed by atoms with van der Waals surface area (Å²) in [5.74, 6) is -1.09. The van der Waals surface area contributed by atoms with E-state index >= 15 is 0 Å². The molecule has 0 unspecified atom stereocenters. The second-order valence-corrected chi connectivity index (χ2v) is 5.72. The number of carbonyl (C=O) groups is 2. The molecular weight excluding hydrogens is 345 g/mol. The predicted octanol–water partition coefficient (Wildman–Crippen LogP) is 4.26. The number of hydrogen-bond donors (Lipinski definition) is 1. The number of hydrogen-bond acceptors (Lipinski definition) is 2. The Bertz CT molecular complexity index is 786. The largest absolute Gasteiger partial charge is 0.418 e. The number of benzene rings is 2. The Morgan fingerprint density at radius 2 is 1.65 bits per heavy atom. The molecule has 7 heteroatoms. The van der Waals surface area contributed by atoms with Crippen molar-refractivity contribution in [2.24, 2.45) is 0 Å². The average Bonchev–Trinajstić information content (AvgIpc) is 2.59. The highest BCUT2D eigenvalue weighted by molar-refractivity contribution is 6.02. The number of halogens is 3. The molecule has 0 aliphatic carbocycles. The summed E-state index contributed by atoms with van der Waals surface area (Å²) in [6.07, 6.45) is -3.75. The van der Waals surface area contributed by atoms with Crippen LogP contribution in [-0.4, -0.2) is 18.4 Å². The highest BCUT2D eigenvalue weighted by Crippen LogP contribution is 2.34. The fraction of sp³-hybridized carbons (Fsp3) is 0.263. The molecule has 0 aromatic heterocycles. The van der Waals surface area contributed by atoms with E-state index in [4.69, 9.17) is 0 Å². The third-order valence-electron chi connectivity index (χ3n) is 3.84. The quantitative estimate of drug-likeness (QED) is 0.862. The summed E-state index contributed by atoms with van der Waals surface area (Å²) in [4.78, 5) is 25.3. The van der Waals surface area contributed by atoms with Gasteiger partial charge in [0, 0.05) is 12.6 Å². The molecule has 0 aliphatic heterocycles. The van der Waals surface area contributed by atoms with Crippen molar-refractivity contribution in [1.82, 2.24) is 0 Å². The monoisotopic (exact) mass is 364 g/mol. The smallest absolute Gasteiger partial charge is 0.324 e. The van der Waals surface area contributed by atoms with Crippen LogP contribution >= 0.6 is 0 Å². The van der Waals surface area contributed by atoms with Gasteiger partial charge < -0.3 is 10.2 Å². The van der Waals surface area contributed by atoms with Crippen molar-refractivity contribution >= 4 is 23.2 Å². The Hall–Kier alpha value is -2.83. The zero-order valence-electron chi connectivity index (χ0n) is 14.4. The van der Waals surface area contributed by atoms with E-state index in [9.17, 15) is 22.8 Å². The van der Waals surface area contributed by atoms with Gasteiger partial charge in [0.25, 0.3) is 0 Å². The zero-order chi connectivity index (χ0) is 19.3. The van der Waals surface area contributed by atoms with Crippen molar-refractivity contribution in [3.8, 4) is 0 Å². The molecule has 0 saturated carbocycles. The second-order valence-electron chi connectivity index (χ2n) is 5.72. The molecule has 0 aliphatic rings. The highest BCUT2D eigenvalue weighted by Gasteiger charge is 2.33. The van der Waals surface area contributed by atoms with Crippen LogP contribution in [0.1, 0.15) is 25.0 Å². The van der Waals surface area contributed by atoms with E-state index in [0.29, 0.717) is 5.69 Å². The lowest BCUT2D eigenvalue weighted by atomic mass is 10.1. The number of alkyl halides is 3. The molecule has 138 valence electrons. The van der Waals surface area contributed by atoms with Crippen LogP contribution in [0.5, 0.6) is 0 Å². The van der Waals surface area contributed by atoms with E-state index in [-0.39, 0.29) is 18.1 Å². The van der Waals surface area contributed by atoms with Gasteiger partial charge in [0.15, 0.2) is 0 Å². The molecule has 2 aromatic rings. The normalized spacial score (nSPS) is 11.1. The first-order valence-corrected chi connectivity index (χ1v) is 8.05. The standard InChI is InChI=1S/C19H19F3N2O2/c1-3-14-8-10-15(11-9-14)24(13(2)25)12-18(26)23-17-7-5-4-6-16(17)19(20,21)22/h4-11H,3,12H2,1-2H3,(H,23,26). The molecule has 4 nitrogen and oxygen atoms in total. The zero-order valence-corrected chi connectivity index (χ0v) is 14.4. The van der Waals surface area contributed by atoms with E-state index in [1.165, 1.54) is 30.0 Å². The van der Waals surface area contributed by atoms with E-state index in [2.05, 4.69) is 5.32 Å². The van der Waals surface area contributed by atoms with Gasteiger partial charge >= 0.3 is 6.18 Å².